The number of aryl methyl sites for hydroxylation is 1. The van der Waals surface area contributed by atoms with Gasteiger partial charge in [-0.25, -0.2) is 13.9 Å². The zero-order chi connectivity index (χ0) is 20.3. The predicted octanol–water partition coefficient (Wildman–Crippen LogP) is 3.60. The number of nitrogens with zero attached hydrogens (tertiary/aromatic N) is 2. The lowest BCUT2D eigenvalue weighted by Gasteiger charge is -2.11. The highest BCUT2D eigenvalue weighted by atomic mass is 35.5. The van der Waals surface area contributed by atoms with Gasteiger partial charge in [-0.3, -0.25) is 4.79 Å². The molecule has 2 aromatic heterocycles. The van der Waals surface area contributed by atoms with Crippen LogP contribution in [0.1, 0.15) is 34.8 Å². The molecule has 2 heterocycles. The van der Waals surface area contributed by atoms with Crippen LogP contribution in [0.15, 0.2) is 47.1 Å². The molecule has 3 aromatic rings. The predicted molar refractivity (Wildman–Crippen MR) is 98.8 cm³/mol. The third-order valence-electron chi connectivity index (χ3n) is 3.96. The molecular formula is C19H17ClFN3O4. The van der Waals surface area contributed by atoms with Crippen molar-refractivity contribution >= 4 is 23.5 Å². The molecule has 0 spiro atoms. The van der Waals surface area contributed by atoms with E-state index < -0.39 is 24.3 Å². The van der Waals surface area contributed by atoms with E-state index in [2.05, 4.69) is 10.4 Å². The van der Waals surface area contributed by atoms with Crippen LogP contribution in [0.2, 0.25) is 5.15 Å². The van der Waals surface area contributed by atoms with E-state index in [4.69, 9.17) is 20.8 Å². The van der Waals surface area contributed by atoms with Crippen LogP contribution in [0.25, 0.3) is 5.69 Å². The molecule has 0 aliphatic rings. The Labute approximate surface area is 165 Å². The van der Waals surface area contributed by atoms with Gasteiger partial charge in [-0.1, -0.05) is 11.6 Å². The van der Waals surface area contributed by atoms with Gasteiger partial charge in [0, 0.05) is 0 Å². The van der Waals surface area contributed by atoms with Crippen molar-refractivity contribution in [3.8, 4) is 5.69 Å². The van der Waals surface area contributed by atoms with Gasteiger partial charge in [-0.2, -0.15) is 5.10 Å². The van der Waals surface area contributed by atoms with E-state index in [0.717, 1.165) is 0 Å². The maximum absolute atomic E-state index is 13.1. The lowest BCUT2D eigenvalue weighted by atomic mass is 10.2. The van der Waals surface area contributed by atoms with E-state index in [9.17, 15) is 14.0 Å². The molecule has 28 heavy (non-hydrogen) atoms. The first-order valence-electron chi connectivity index (χ1n) is 8.37. The normalized spacial score (nSPS) is 11.9. The number of esters is 1. The topological polar surface area (TPSA) is 86.4 Å². The molecule has 0 aliphatic heterocycles. The summed E-state index contributed by atoms with van der Waals surface area (Å²) in [6.45, 7) is 2.84. The number of amides is 1. The fraction of sp³-hybridized carbons (Fsp3) is 0.211. The molecule has 0 radical (unpaired) electrons. The number of carbonyl (C=O) groups excluding carboxylic acids is 2. The van der Waals surface area contributed by atoms with Gasteiger partial charge in [0.1, 0.15) is 22.3 Å². The number of benzene rings is 1. The Bertz CT molecular complexity index is 984. The van der Waals surface area contributed by atoms with Gasteiger partial charge in [-0.05, 0) is 50.2 Å². The average molecular weight is 406 g/mol. The van der Waals surface area contributed by atoms with Gasteiger partial charge in [0.25, 0.3) is 5.91 Å². The van der Waals surface area contributed by atoms with Gasteiger partial charge in [0.2, 0.25) is 0 Å². The van der Waals surface area contributed by atoms with Gasteiger partial charge >= 0.3 is 5.97 Å². The van der Waals surface area contributed by atoms with Crippen molar-refractivity contribution in [3.63, 3.8) is 0 Å². The fourth-order valence-corrected chi connectivity index (χ4v) is 2.93. The van der Waals surface area contributed by atoms with Crippen LogP contribution < -0.4 is 5.32 Å². The smallest absolute Gasteiger partial charge is 0.343 e. The number of halogens is 2. The van der Waals surface area contributed by atoms with Crippen LogP contribution in [-0.4, -0.2) is 28.3 Å². The highest BCUT2D eigenvalue weighted by Crippen LogP contribution is 2.24. The van der Waals surface area contributed by atoms with Crippen LogP contribution in [0.3, 0.4) is 0 Å². The molecule has 146 valence electrons. The summed E-state index contributed by atoms with van der Waals surface area (Å²) in [5.74, 6) is -1.09. The van der Waals surface area contributed by atoms with E-state index in [1.165, 1.54) is 35.2 Å². The highest BCUT2D eigenvalue weighted by molar-refractivity contribution is 6.33. The minimum atomic E-state index is -0.781. The zero-order valence-corrected chi connectivity index (χ0v) is 15.9. The molecular weight excluding hydrogens is 389 g/mol. The van der Waals surface area contributed by atoms with Crippen molar-refractivity contribution in [2.24, 2.45) is 0 Å². The number of nitrogens with one attached hydrogen (secondary N) is 1. The number of hydrogen-bond acceptors (Lipinski definition) is 5. The second kappa shape index (κ2) is 8.26. The second-order valence-electron chi connectivity index (χ2n) is 6.02. The molecule has 0 fully saturated rings. The summed E-state index contributed by atoms with van der Waals surface area (Å²) >= 11 is 6.26. The zero-order valence-electron chi connectivity index (χ0n) is 15.1. The number of furan rings is 1. The molecule has 0 aliphatic carbocycles. The van der Waals surface area contributed by atoms with Crippen LogP contribution in [-0.2, 0) is 9.53 Å². The Morgan fingerprint density at radius 1 is 1.32 bits per heavy atom. The lowest BCUT2D eigenvalue weighted by molar-refractivity contribution is -0.125. The standard InChI is InChI=1S/C19H17ClFN3O4/c1-11(15-4-3-9-27-15)22-16(25)10-28-19(26)17-12(2)23-24(18(17)20)14-7-5-13(21)6-8-14/h3-9,11H,10H2,1-2H3,(H,22,25)/t11-/m0/s1. The summed E-state index contributed by atoms with van der Waals surface area (Å²) in [6.07, 6.45) is 1.50. The van der Waals surface area contributed by atoms with Crippen LogP contribution in [0.4, 0.5) is 4.39 Å². The highest BCUT2D eigenvalue weighted by Gasteiger charge is 2.23. The molecule has 0 unspecified atom stereocenters. The molecule has 0 saturated carbocycles. The van der Waals surface area contributed by atoms with Crippen molar-refractivity contribution in [2.45, 2.75) is 19.9 Å². The van der Waals surface area contributed by atoms with Crippen LogP contribution >= 0.6 is 11.6 Å². The molecule has 1 N–H and O–H groups in total. The maximum atomic E-state index is 13.1. The van der Waals surface area contributed by atoms with Gasteiger partial charge in [0.15, 0.2) is 6.61 Å². The first-order chi connectivity index (χ1) is 13.4. The van der Waals surface area contributed by atoms with Crippen LogP contribution in [0, 0.1) is 12.7 Å². The first kappa shape index (κ1) is 19.6. The Morgan fingerprint density at radius 2 is 2.04 bits per heavy atom. The van der Waals surface area contributed by atoms with E-state index in [1.54, 1.807) is 26.0 Å². The summed E-state index contributed by atoms with van der Waals surface area (Å²) in [4.78, 5) is 24.4. The minimum Gasteiger partial charge on any atom is -0.467 e. The summed E-state index contributed by atoms with van der Waals surface area (Å²) in [6, 6.07) is 8.54. The van der Waals surface area contributed by atoms with Crippen molar-refractivity contribution < 1.29 is 23.1 Å². The Kier molecular flexibility index (Phi) is 5.79. The van der Waals surface area contributed by atoms with E-state index >= 15 is 0 Å². The van der Waals surface area contributed by atoms with Crippen molar-refractivity contribution in [3.05, 3.63) is 70.6 Å². The van der Waals surface area contributed by atoms with Gasteiger partial charge < -0.3 is 14.5 Å². The summed E-state index contributed by atoms with van der Waals surface area (Å²) < 4.78 is 24.6. The number of carbonyl (C=O) groups is 2. The minimum absolute atomic E-state index is 0.0125. The summed E-state index contributed by atoms with van der Waals surface area (Å²) in [5.41, 5.74) is 0.847. The largest absolute Gasteiger partial charge is 0.467 e. The quantitative estimate of drug-likeness (QED) is 0.633. The third kappa shape index (κ3) is 4.23. The summed E-state index contributed by atoms with van der Waals surface area (Å²) in [5, 5.41) is 6.86. The third-order valence-corrected chi connectivity index (χ3v) is 4.31. The van der Waals surface area contributed by atoms with Crippen molar-refractivity contribution in [1.82, 2.24) is 15.1 Å². The van der Waals surface area contributed by atoms with E-state index in [-0.39, 0.29) is 16.8 Å². The number of rotatable bonds is 6. The van der Waals surface area contributed by atoms with Crippen molar-refractivity contribution in [1.29, 1.82) is 0 Å². The van der Waals surface area contributed by atoms with Crippen LogP contribution in [0.5, 0.6) is 0 Å². The molecule has 1 atom stereocenters. The first-order valence-corrected chi connectivity index (χ1v) is 8.75. The SMILES string of the molecule is Cc1nn(-c2ccc(F)cc2)c(Cl)c1C(=O)OCC(=O)N[C@@H](C)c1ccco1. The fourth-order valence-electron chi connectivity index (χ4n) is 2.58. The monoisotopic (exact) mass is 405 g/mol. The van der Waals surface area contributed by atoms with E-state index in [1.807, 2.05) is 0 Å². The van der Waals surface area contributed by atoms with Gasteiger partial charge in [-0.15, -0.1) is 0 Å². The number of aromatic nitrogens is 2. The molecule has 0 saturated heterocycles. The maximum Gasteiger partial charge on any atom is 0.343 e. The summed E-state index contributed by atoms with van der Waals surface area (Å²) in [7, 11) is 0. The molecule has 1 aromatic carbocycles. The Hall–Kier alpha value is -3.13. The van der Waals surface area contributed by atoms with Crippen molar-refractivity contribution in [2.75, 3.05) is 6.61 Å². The number of hydrogen-bond donors (Lipinski definition) is 1. The Morgan fingerprint density at radius 3 is 2.68 bits per heavy atom. The van der Waals surface area contributed by atoms with E-state index in [0.29, 0.717) is 17.1 Å². The molecule has 9 heteroatoms. The average Bonchev–Trinajstić information content (AvgIpc) is 3.29. The molecule has 7 nitrogen and oxygen atoms in total. The number of ether oxygens (including phenoxy) is 1. The molecule has 0 bridgehead atoms. The Balaban J connectivity index is 1.66. The lowest BCUT2D eigenvalue weighted by Crippen LogP contribution is -2.31. The molecule has 3 rings (SSSR count). The second-order valence-corrected chi connectivity index (χ2v) is 6.38. The molecule has 1 amide bonds. The van der Waals surface area contributed by atoms with Gasteiger partial charge in [0.05, 0.1) is 23.7 Å².